The molecule has 0 spiro atoms. The Kier molecular flexibility index (Phi) is 1.68. The van der Waals surface area contributed by atoms with E-state index in [0.717, 1.165) is 16.8 Å². The predicted molar refractivity (Wildman–Crippen MR) is 55.9 cm³/mol. The first kappa shape index (κ1) is 8.05. The molecule has 0 aliphatic heterocycles. The number of anilines is 2. The maximum absolute atomic E-state index is 5.48. The van der Waals surface area contributed by atoms with Crippen LogP contribution in [0.5, 0.6) is 0 Å². The van der Waals surface area contributed by atoms with Gasteiger partial charge < -0.3 is 9.73 Å². The number of aromatic nitrogens is 3. The van der Waals surface area contributed by atoms with Crippen molar-refractivity contribution in [3.8, 4) is 0 Å². The Morgan fingerprint density at radius 1 is 1.27 bits per heavy atom. The molecule has 2 N–H and O–H groups in total. The number of nitrogens with zero attached hydrogens (tertiary/aromatic N) is 2. The van der Waals surface area contributed by atoms with Gasteiger partial charge in [-0.15, -0.1) is 0 Å². The van der Waals surface area contributed by atoms with Crippen LogP contribution in [0.4, 0.5) is 11.7 Å². The zero-order valence-electron chi connectivity index (χ0n) is 7.77. The monoisotopic (exact) mass is 200 g/mol. The summed E-state index contributed by atoms with van der Waals surface area (Å²) in [6, 6.07) is 8.08. The molecule has 3 aromatic rings. The number of rotatable bonds is 2. The van der Waals surface area contributed by atoms with Gasteiger partial charge in [0, 0.05) is 6.20 Å². The summed E-state index contributed by atoms with van der Waals surface area (Å²) < 4.78 is 5.48. The average molecular weight is 200 g/mol. The van der Waals surface area contributed by atoms with Gasteiger partial charge in [0.15, 0.2) is 5.58 Å². The summed E-state index contributed by atoms with van der Waals surface area (Å²) in [4.78, 5) is 4.27. The van der Waals surface area contributed by atoms with Gasteiger partial charge in [-0.25, -0.2) is 0 Å². The average Bonchev–Trinajstić information content (AvgIpc) is 2.86. The molecule has 5 nitrogen and oxygen atoms in total. The molecule has 3 rings (SSSR count). The summed E-state index contributed by atoms with van der Waals surface area (Å²) in [6.45, 7) is 0. The molecule has 1 aromatic carbocycles. The third-order valence-corrected chi connectivity index (χ3v) is 2.04. The van der Waals surface area contributed by atoms with Crippen molar-refractivity contribution in [2.75, 3.05) is 5.32 Å². The summed E-state index contributed by atoms with van der Waals surface area (Å²) in [5, 5.41) is 9.52. The molecule has 0 amide bonds. The number of H-pyrrole nitrogens is 1. The van der Waals surface area contributed by atoms with Crippen molar-refractivity contribution in [3.63, 3.8) is 0 Å². The minimum absolute atomic E-state index is 0.470. The highest BCUT2D eigenvalue weighted by atomic mass is 16.4. The number of aromatic amines is 1. The fourth-order valence-electron chi connectivity index (χ4n) is 1.37. The van der Waals surface area contributed by atoms with Gasteiger partial charge in [-0.05, 0) is 12.1 Å². The van der Waals surface area contributed by atoms with Crippen LogP contribution in [0.2, 0.25) is 0 Å². The quantitative estimate of drug-likeness (QED) is 0.666. The molecule has 0 saturated carbocycles. The number of hydrogen-bond acceptors (Lipinski definition) is 4. The van der Waals surface area contributed by atoms with Crippen molar-refractivity contribution in [2.45, 2.75) is 0 Å². The molecule has 0 aliphatic carbocycles. The van der Waals surface area contributed by atoms with Crippen molar-refractivity contribution in [2.24, 2.45) is 0 Å². The number of nitrogens with one attached hydrogen (secondary N) is 2. The molecule has 74 valence electrons. The molecule has 0 aliphatic rings. The van der Waals surface area contributed by atoms with Gasteiger partial charge in [-0.2, -0.15) is 10.1 Å². The standard InChI is InChI=1S/C10H8N4O/c1-2-4-9-8(3-1)14-10(15-9)13-7-5-11-12-6-7/h1-6H,(H,11,12)(H,13,14). The second kappa shape index (κ2) is 3.13. The summed E-state index contributed by atoms with van der Waals surface area (Å²) in [5.41, 5.74) is 2.42. The largest absolute Gasteiger partial charge is 0.423 e. The predicted octanol–water partition coefficient (Wildman–Crippen LogP) is 2.29. The lowest BCUT2D eigenvalue weighted by molar-refractivity contribution is 0.623. The van der Waals surface area contributed by atoms with Crippen LogP contribution in [0.1, 0.15) is 0 Å². The molecule has 2 heterocycles. The van der Waals surface area contributed by atoms with Crippen molar-refractivity contribution >= 4 is 22.8 Å². The Balaban J connectivity index is 1.98. The Bertz CT molecular complexity index is 537. The Morgan fingerprint density at radius 2 is 2.20 bits per heavy atom. The van der Waals surface area contributed by atoms with E-state index in [9.17, 15) is 0 Å². The zero-order chi connectivity index (χ0) is 10.1. The van der Waals surface area contributed by atoms with Crippen LogP contribution < -0.4 is 5.32 Å². The Labute approximate surface area is 85.1 Å². The van der Waals surface area contributed by atoms with Gasteiger partial charge >= 0.3 is 0 Å². The van der Waals surface area contributed by atoms with Crippen molar-refractivity contribution in [1.82, 2.24) is 15.2 Å². The van der Waals surface area contributed by atoms with E-state index >= 15 is 0 Å². The Hall–Kier alpha value is -2.30. The van der Waals surface area contributed by atoms with E-state index in [1.165, 1.54) is 0 Å². The lowest BCUT2D eigenvalue weighted by Crippen LogP contribution is -1.86. The minimum atomic E-state index is 0.470. The van der Waals surface area contributed by atoms with Crippen LogP contribution in [0.15, 0.2) is 41.1 Å². The van der Waals surface area contributed by atoms with Crippen LogP contribution in [0.3, 0.4) is 0 Å². The van der Waals surface area contributed by atoms with Gasteiger partial charge in [0.25, 0.3) is 6.01 Å². The number of benzene rings is 1. The first-order chi connectivity index (χ1) is 7.42. The number of fused-ring (bicyclic) bond motifs is 1. The van der Waals surface area contributed by atoms with Gasteiger partial charge in [0.05, 0.1) is 11.9 Å². The van der Waals surface area contributed by atoms with Gasteiger partial charge in [-0.1, -0.05) is 12.1 Å². The molecule has 0 saturated heterocycles. The van der Waals surface area contributed by atoms with Crippen molar-refractivity contribution in [1.29, 1.82) is 0 Å². The first-order valence-corrected chi connectivity index (χ1v) is 4.53. The molecule has 5 heteroatoms. The van der Waals surface area contributed by atoms with Gasteiger partial charge in [0.2, 0.25) is 0 Å². The third kappa shape index (κ3) is 1.43. The highest BCUT2D eigenvalue weighted by Crippen LogP contribution is 2.20. The Morgan fingerprint density at radius 3 is 3.00 bits per heavy atom. The molecule has 15 heavy (non-hydrogen) atoms. The number of hydrogen-bond donors (Lipinski definition) is 2. The summed E-state index contributed by atoms with van der Waals surface area (Å²) >= 11 is 0. The van der Waals surface area contributed by atoms with E-state index in [0.29, 0.717) is 6.01 Å². The van der Waals surface area contributed by atoms with Crippen molar-refractivity contribution < 1.29 is 4.42 Å². The normalized spacial score (nSPS) is 10.7. The maximum atomic E-state index is 5.48. The van der Waals surface area contributed by atoms with Gasteiger partial charge in [0.1, 0.15) is 5.52 Å². The highest BCUT2D eigenvalue weighted by molar-refractivity contribution is 5.74. The second-order valence-electron chi connectivity index (χ2n) is 3.10. The van der Waals surface area contributed by atoms with E-state index in [-0.39, 0.29) is 0 Å². The topological polar surface area (TPSA) is 66.7 Å². The maximum Gasteiger partial charge on any atom is 0.300 e. The van der Waals surface area contributed by atoms with Crippen LogP contribution >= 0.6 is 0 Å². The van der Waals surface area contributed by atoms with E-state index < -0.39 is 0 Å². The van der Waals surface area contributed by atoms with Crippen LogP contribution in [-0.2, 0) is 0 Å². The molecular weight excluding hydrogens is 192 g/mol. The zero-order valence-corrected chi connectivity index (χ0v) is 7.77. The van der Waals surface area contributed by atoms with Crippen LogP contribution in [0, 0.1) is 0 Å². The second-order valence-corrected chi connectivity index (χ2v) is 3.10. The third-order valence-electron chi connectivity index (χ3n) is 2.04. The van der Waals surface area contributed by atoms with E-state index in [2.05, 4.69) is 20.5 Å². The SMILES string of the molecule is c1ccc2oc(Nc3cn[nH]c3)nc2c1. The van der Waals surface area contributed by atoms with Crippen molar-refractivity contribution in [3.05, 3.63) is 36.7 Å². The summed E-state index contributed by atoms with van der Waals surface area (Å²) in [5.74, 6) is 0. The molecule has 0 bridgehead atoms. The first-order valence-electron chi connectivity index (χ1n) is 4.53. The molecule has 2 aromatic heterocycles. The lowest BCUT2D eigenvalue weighted by atomic mass is 10.3. The highest BCUT2D eigenvalue weighted by Gasteiger charge is 2.04. The molecule has 0 fully saturated rings. The molecule has 0 radical (unpaired) electrons. The number of oxazole rings is 1. The molecule has 0 atom stereocenters. The smallest absolute Gasteiger partial charge is 0.300 e. The number of para-hydroxylation sites is 2. The molecular formula is C10H8N4O. The van der Waals surface area contributed by atoms with Gasteiger partial charge in [-0.3, -0.25) is 5.10 Å². The summed E-state index contributed by atoms with van der Waals surface area (Å²) in [6.07, 6.45) is 3.39. The fraction of sp³-hybridized carbons (Fsp3) is 0. The van der Waals surface area contributed by atoms with E-state index in [4.69, 9.17) is 4.42 Å². The van der Waals surface area contributed by atoms with E-state index in [1.807, 2.05) is 24.3 Å². The summed E-state index contributed by atoms with van der Waals surface area (Å²) in [7, 11) is 0. The van der Waals surface area contributed by atoms with E-state index in [1.54, 1.807) is 12.4 Å². The van der Waals surface area contributed by atoms with Crippen LogP contribution in [-0.4, -0.2) is 15.2 Å². The van der Waals surface area contributed by atoms with Crippen LogP contribution in [0.25, 0.3) is 11.1 Å². The minimum Gasteiger partial charge on any atom is -0.423 e. The lowest BCUT2D eigenvalue weighted by Gasteiger charge is -1.93. The fourth-order valence-corrected chi connectivity index (χ4v) is 1.37. The molecule has 0 unspecified atom stereocenters.